The second kappa shape index (κ2) is 22.0. The zero-order chi connectivity index (χ0) is 41.6. The van der Waals surface area contributed by atoms with Crippen molar-refractivity contribution in [2.75, 3.05) is 16.2 Å². The van der Waals surface area contributed by atoms with Gasteiger partial charge in [0.25, 0.3) is 27.4 Å². The first-order chi connectivity index (χ1) is 27.0. The molecule has 0 fully saturated rings. The summed E-state index contributed by atoms with van der Waals surface area (Å²) in [7, 11) is -4.84. The third-order valence-electron chi connectivity index (χ3n) is 7.84. The molecule has 0 unspecified atom stereocenters. The minimum Gasteiger partial charge on any atom is -0.506 e. The topological polar surface area (TPSA) is 293 Å². The molecule has 0 aliphatic heterocycles. The van der Waals surface area contributed by atoms with E-state index in [2.05, 4.69) is 26.4 Å². The Hall–Kier alpha value is -5.02. The zero-order valence-electron chi connectivity index (χ0n) is 31.3. The van der Waals surface area contributed by atoms with Gasteiger partial charge in [-0.15, -0.1) is 0 Å². The number of anilines is 3. The van der Waals surface area contributed by atoms with Crippen molar-refractivity contribution in [3.05, 3.63) is 140 Å². The summed E-state index contributed by atoms with van der Waals surface area (Å²) < 4.78 is 32.9. The Morgan fingerprint density at radius 2 is 1.38 bits per heavy atom. The molecule has 0 bridgehead atoms. The molecule has 1 aliphatic rings. The van der Waals surface area contributed by atoms with Crippen LogP contribution in [0.15, 0.2) is 113 Å². The fourth-order valence-electron chi connectivity index (χ4n) is 5.15. The van der Waals surface area contributed by atoms with Crippen LogP contribution >= 0.6 is 11.6 Å². The molecule has 6 rings (SSSR count). The Kier molecular flexibility index (Phi) is 18.8. The maximum atomic E-state index is 12.6. The van der Waals surface area contributed by atoms with Crippen LogP contribution in [0, 0.1) is 20.2 Å². The number of benzene rings is 5. The number of nitro groups is 2. The molecule has 5 aromatic rings. The molecule has 19 nitrogen and oxygen atoms in total. The second-order valence-corrected chi connectivity index (χ2v) is 13.4. The number of hydrogen-bond acceptors (Lipinski definition) is 15. The van der Waals surface area contributed by atoms with E-state index in [1.54, 1.807) is 36.4 Å². The largest absolute Gasteiger partial charge is 1.00 e. The summed E-state index contributed by atoms with van der Waals surface area (Å²) in [5.74, 6) is -2.81. The van der Waals surface area contributed by atoms with Crippen molar-refractivity contribution < 1.29 is 124 Å². The Bertz CT molecular complexity index is 2740. The van der Waals surface area contributed by atoms with E-state index in [0.29, 0.717) is 11.5 Å². The molecular formula is C36H26ClCrN7Na2O12S+2. The van der Waals surface area contributed by atoms with Crippen molar-refractivity contribution in [3.8, 4) is 11.5 Å². The first kappa shape index (κ1) is 51.1. The van der Waals surface area contributed by atoms with Crippen LogP contribution in [0.5, 0.6) is 11.5 Å². The first-order valence-electron chi connectivity index (χ1n) is 15.9. The minimum absolute atomic E-state index is 0. The summed E-state index contributed by atoms with van der Waals surface area (Å²) >= 11 is 5.94. The van der Waals surface area contributed by atoms with E-state index in [9.17, 15) is 57.8 Å². The van der Waals surface area contributed by atoms with E-state index >= 15 is 0 Å². The molecule has 1 aliphatic carbocycles. The number of rotatable bonds is 10. The standard InChI is InChI=1S/C20H13N3O7S.C16H13ClN4O5.Cr.2Na/c24-16-8-5-11-3-1-2-4-13(11)19(16)21-22-20-14-7-6-12(23(26)27)9-15(14)18(10-17(20)25)31(28,29)30;1-9(22)15(16(24)18-12-5-3-2-4-11(12)17)20-19-13-8-10(21(25)26)6-7-14(13)23;;;/h1-10,21,24H,(H,28,29,30);2-8,19,23H,1H3,(H,18,24);;;/q;;;2*+1/b;20-15+;;;. The molecular weight excluding hydrogens is 888 g/mol. The normalized spacial score (nSPS) is 12.4. The summed E-state index contributed by atoms with van der Waals surface area (Å²) in [6, 6.07) is 23.1. The van der Waals surface area contributed by atoms with Crippen molar-refractivity contribution in [2.45, 2.75) is 6.92 Å². The predicted octanol–water partition coefficient (Wildman–Crippen LogP) is 0.0361. The summed E-state index contributed by atoms with van der Waals surface area (Å²) in [6.07, 6.45) is 0.644. The molecule has 5 aromatic carbocycles. The number of non-ortho nitro benzene ring substituents is 2. The van der Waals surface area contributed by atoms with Gasteiger partial charge in [-0.1, -0.05) is 54.1 Å². The van der Waals surface area contributed by atoms with Gasteiger partial charge in [-0.2, -0.15) is 18.6 Å². The number of nitrogens with one attached hydrogen (secondary N) is 3. The van der Waals surface area contributed by atoms with Crippen LogP contribution in [0.2, 0.25) is 5.02 Å². The number of phenols is 2. The molecule has 1 amide bonds. The number of hydrogen-bond donors (Lipinski definition) is 6. The fraction of sp³-hybridized carbons (Fsp3) is 0.0278. The van der Waals surface area contributed by atoms with Gasteiger partial charge in [0.2, 0.25) is 5.78 Å². The van der Waals surface area contributed by atoms with Crippen LogP contribution in [0.1, 0.15) is 18.1 Å². The van der Waals surface area contributed by atoms with E-state index in [1.165, 1.54) is 18.2 Å². The number of allylic oxidation sites excluding steroid dienone is 1. The summed E-state index contributed by atoms with van der Waals surface area (Å²) in [5, 5.41) is 53.7. The number of carbonyl (C=O) groups excluding carboxylic acids is 3. The van der Waals surface area contributed by atoms with E-state index in [-0.39, 0.29) is 133 Å². The quantitative estimate of drug-likeness (QED) is 0.0205. The van der Waals surface area contributed by atoms with Crippen LogP contribution in [-0.2, 0) is 41.9 Å². The number of ketones is 2. The number of carbonyl (C=O) groups is 3. The zero-order valence-corrected chi connectivity index (χ0v) is 38.2. The van der Waals surface area contributed by atoms with E-state index < -0.39 is 53.7 Å². The first-order valence-corrected chi connectivity index (χ1v) is 17.7. The van der Waals surface area contributed by atoms with Crippen molar-refractivity contribution in [3.63, 3.8) is 0 Å². The number of nitrogens with zero attached hydrogens (tertiary/aromatic N) is 4. The average molecular weight is 914 g/mol. The van der Waals surface area contributed by atoms with Crippen molar-refractivity contribution in [1.29, 1.82) is 0 Å². The Labute approximate surface area is 399 Å². The maximum absolute atomic E-state index is 12.6. The van der Waals surface area contributed by atoms with Crippen molar-refractivity contribution in [1.82, 2.24) is 0 Å². The van der Waals surface area contributed by atoms with E-state index in [4.69, 9.17) is 11.6 Å². The molecule has 0 saturated carbocycles. The number of para-hydroxylation sites is 1. The molecule has 0 saturated heterocycles. The van der Waals surface area contributed by atoms with Gasteiger partial charge in [-0.3, -0.25) is 50.0 Å². The molecule has 0 aromatic heterocycles. The third kappa shape index (κ3) is 12.3. The van der Waals surface area contributed by atoms with Gasteiger partial charge in [-0.25, -0.2) is 0 Å². The maximum Gasteiger partial charge on any atom is 1.00 e. The van der Waals surface area contributed by atoms with E-state index in [0.717, 1.165) is 42.6 Å². The predicted molar refractivity (Wildman–Crippen MR) is 210 cm³/mol. The number of aromatic hydroxyl groups is 2. The van der Waals surface area contributed by atoms with E-state index in [1.807, 2.05) is 12.1 Å². The van der Waals surface area contributed by atoms with Gasteiger partial charge in [0.1, 0.15) is 33.5 Å². The SMILES string of the molecule is CC(=O)/C(=N\Nc1cc([N+](=O)[O-])ccc1O)C(=O)Nc1ccccc1Cl.O=C1C=C(S(=O)(=O)O)c2cc([N+](=O)[O-])ccc2C1=NNc1c(O)ccc2ccccc12.[Cr].[Na+].[Na+]. The van der Waals surface area contributed by atoms with Gasteiger partial charge >= 0.3 is 59.1 Å². The van der Waals surface area contributed by atoms with Gasteiger partial charge in [0, 0.05) is 71.1 Å². The second-order valence-electron chi connectivity index (χ2n) is 11.6. The van der Waals surface area contributed by atoms with Crippen LogP contribution in [0.25, 0.3) is 15.7 Å². The smallest absolute Gasteiger partial charge is 0.506 e. The third-order valence-corrected chi connectivity index (χ3v) is 9.07. The van der Waals surface area contributed by atoms with Crippen LogP contribution in [0.3, 0.4) is 0 Å². The van der Waals surface area contributed by atoms with Gasteiger partial charge in [0.15, 0.2) is 11.5 Å². The molecule has 24 heteroatoms. The molecule has 0 radical (unpaired) electrons. The van der Waals surface area contributed by atoms with Crippen molar-refractivity contribution >= 4 is 94.7 Å². The molecule has 0 heterocycles. The molecule has 0 atom stereocenters. The molecule has 296 valence electrons. The van der Waals surface area contributed by atoms with Gasteiger partial charge in [-0.05, 0) is 35.7 Å². The summed E-state index contributed by atoms with van der Waals surface area (Å²) in [6.45, 7) is 1.12. The van der Waals surface area contributed by atoms with Crippen LogP contribution in [-0.4, -0.2) is 61.9 Å². The molecule has 60 heavy (non-hydrogen) atoms. The Balaban J connectivity index is 0.000000400. The number of amides is 1. The van der Waals surface area contributed by atoms with Crippen molar-refractivity contribution in [2.24, 2.45) is 10.2 Å². The number of Topliss-reactive ketones (excluding diaryl/α,β-unsaturated/α-hetero) is 1. The van der Waals surface area contributed by atoms with Gasteiger partial charge in [0.05, 0.1) is 20.6 Å². The number of halogens is 1. The molecule has 6 N–H and O–H groups in total. The number of fused-ring (bicyclic) bond motifs is 2. The Morgan fingerprint density at radius 1 is 0.783 bits per heavy atom. The number of nitro benzene ring substituents is 2. The summed E-state index contributed by atoms with van der Waals surface area (Å²) in [5.41, 5.74) is 3.54. The molecule has 0 spiro atoms. The average Bonchev–Trinajstić information content (AvgIpc) is 3.16. The van der Waals surface area contributed by atoms with Gasteiger partial charge < -0.3 is 15.5 Å². The number of hydrazone groups is 2. The van der Waals surface area contributed by atoms with Crippen LogP contribution < -0.4 is 75.3 Å². The number of phenolic OH excluding ortho intramolecular Hbond substituents is 2. The summed E-state index contributed by atoms with van der Waals surface area (Å²) in [4.78, 5) is 56.3. The Morgan fingerprint density at radius 3 is 2.02 bits per heavy atom. The fourth-order valence-corrected chi connectivity index (χ4v) is 6.03. The monoisotopic (exact) mass is 913 g/mol. The van der Waals surface area contributed by atoms with Crippen LogP contribution in [0.4, 0.5) is 28.4 Å². The minimum atomic E-state index is -4.84.